The molecule has 1 aromatic rings. The van der Waals surface area contributed by atoms with E-state index in [1.807, 2.05) is 13.1 Å². The number of carbonyl (C=O) groups excluding carboxylic acids is 2. The fraction of sp³-hybridized carbons (Fsp3) is 0.542. The zero-order chi connectivity index (χ0) is 26.9. The van der Waals surface area contributed by atoms with Crippen molar-refractivity contribution < 1.29 is 56.7 Å². The number of benzene rings is 1. The van der Waals surface area contributed by atoms with Crippen molar-refractivity contribution in [3.05, 3.63) is 35.1 Å². The van der Waals surface area contributed by atoms with Gasteiger partial charge in [-0.15, -0.1) is 0 Å². The molecule has 0 radical (unpaired) electrons. The van der Waals surface area contributed by atoms with Crippen LogP contribution in [0.5, 0.6) is 11.5 Å². The minimum Gasteiger partial charge on any atom is -0.493 e. The second-order valence-corrected chi connectivity index (χ2v) is 9.70. The molecule has 5 atom stereocenters. The average molecular weight is 527 g/mol. The fourth-order valence-electron chi connectivity index (χ4n) is 6.30. The van der Waals surface area contributed by atoms with Crippen LogP contribution in [-0.4, -0.2) is 83.8 Å². The molecular formula is C24H24F3NO9. The summed E-state index contributed by atoms with van der Waals surface area (Å²) in [5.41, 5.74) is -0.725. The van der Waals surface area contributed by atoms with Crippen LogP contribution in [-0.2, 0) is 35.7 Å². The van der Waals surface area contributed by atoms with E-state index in [0.29, 0.717) is 30.9 Å². The average Bonchev–Trinajstić information content (AvgIpc) is 3.17. The number of rotatable bonds is 6. The van der Waals surface area contributed by atoms with Crippen molar-refractivity contribution in [3.8, 4) is 11.5 Å². The largest absolute Gasteiger partial charge is 0.493 e. The molecule has 2 aliphatic carbocycles. The van der Waals surface area contributed by atoms with Crippen LogP contribution in [0.2, 0.25) is 0 Å². The Balaban J connectivity index is 1.53. The summed E-state index contributed by atoms with van der Waals surface area (Å²) >= 11 is 0. The quantitative estimate of drug-likeness (QED) is 0.524. The Hall–Kier alpha value is -3.32. The summed E-state index contributed by atoms with van der Waals surface area (Å²) in [5, 5.41) is 21.2. The van der Waals surface area contributed by atoms with E-state index < -0.39 is 53.7 Å². The minimum absolute atomic E-state index is 0.0342. The standard InChI is InChI=1S/C24H24F3NO9/c1-28-8-7-22-17-11-3-4-12(34-2)18(17)37-19(22)13(5-6-23(22,33)15(28)9-11)35-20(31)14(10-16(29)30)36-21(32)24(25,26)27/h3-5,14-15,19,33H,6-10H2,1-2H3,(H,29,30)/t14-,15+,19-,22-,23+/m0/s1. The molecule has 0 saturated carbocycles. The summed E-state index contributed by atoms with van der Waals surface area (Å²) in [7, 11) is 3.36. The van der Waals surface area contributed by atoms with Crippen LogP contribution >= 0.6 is 0 Å². The summed E-state index contributed by atoms with van der Waals surface area (Å²) in [5.74, 6) is -5.23. The highest BCUT2D eigenvalue weighted by molar-refractivity contribution is 5.86. The summed E-state index contributed by atoms with van der Waals surface area (Å²) < 4.78 is 59.4. The lowest BCUT2D eigenvalue weighted by Gasteiger charge is -2.61. The van der Waals surface area contributed by atoms with Gasteiger partial charge in [0.25, 0.3) is 0 Å². The van der Waals surface area contributed by atoms with Crippen LogP contribution in [0.4, 0.5) is 13.2 Å². The number of piperidine rings is 1. The van der Waals surface area contributed by atoms with Gasteiger partial charge in [-0.25, -0.2) is 9.59 Å². The van der Waals surface area contributed by atoms with Gasteiger partial charge in [-0.3, -0.25) is 4.79 Å². The molecule has 1 fully saturated rings. The van der Waals surface area contributed by atoms with Gasteiger partial charge in [0, 0.05) is 18.0 Å². The van der Waals surface area contributed by atoms with E-state index in [2.05, 4.69) is 9.64 Å². The monoisotopic (exact) mass is 527 g/mol. The molecule has 1 saturated heterocycles. The molecule has 1 aromatic carbocycles. The van der Waals surface area contributed by atoms with Gasteiger partial charge in [0.15, 0.2) is 17.6 Å². The highest BCUT2D eigenvalue weighted by Crippen LogP contribution is 2.65. The molecule has 37 heavy (non-hydrogen) atoms. The van der Waals surface area contributed by atoms with Gasteiger partial charge in [0.1, 0.15) is 5.76 Å². The van der Waals surface area contributed by atoms with Crippen molar-refractivity contribution in [3.63, 3.8) is 0 Å². The van der Waals surface area contributed by atoms with E-state index in [4.69, 9.17) is 19.3 Å². The molecule has 0 amide bonds. The van der Waals surface area contributed by atoms with E-state index >= 15 is 0 Å². The Labute approximate surface area is 208 Å². The van der Waals surface area contributed by atoms with E-state index in [1.165, 1.54) is 13.2 Å². The van der Waals surface area contributed by atoms with Crippen LogP contribution < -0.4 is 9.47 Å². The van der Waals surface area contributed by atoms with E-state index in [9.17, 15) is 32.7 Å². The lowest BCUT2D eigenvalue weighted by atomic mass is 9.50. The van der Waals surface area contributed by atoms with Crippen molar-refractivity contribution in [1.29, 1.82) is 0 Å². The number of aliphatic carboxylic acids is 1. The Bertz CT molecular complexity index is 1210. The predicted molar refractivity (Wildman–Crippen MR) is 116 cm³/mol. The second kappa shape index (κ2) is 8.35. The Morgan fingerprint density at radius 2 is 2.03 bits per heavy atom. The summed E-state index contributed by atoms with van der Waals surface area (Å²) in [4.78, 5) is 37.4. The molecule has 0 unspecified atom stereocenters. The molecular weight excluding hydrogens is 503 g/mol. The number of aliphatic hydroxyl groups is 1. The first-order chi connectivity index (χ1) is 17.3. The number of carbonyl (C=O) groups is 3. The zero-order valence-electron chi connectivity index (χ0n) is 19.8. The van der Waals surface area contributed by atoms with Gasteiger partial charge < -0.3 is 34.1 Å². The Morgan fingerprint density at radius 3 is 2.68 bits per heavy atom. The van der Waals surface area contributed by atoms with E-state index in [1.54, 1.807) is 6.07 Å². The zero-order valence-corrected chi connectivity index (χ0v) is 19.8. The van der Waals surface area contributed by atoms with Crippen LogP contribution in [0.25, 0.3) is 0 Å². The van der Waals surface area contributed by atoms with Crippen molar-refractivity contribution in [2.24, 2.45) is 0 Å². The SMILES string of the molecule is COc1ccc2c3c1O[C@H]1C(OC(=O)[C@H](CC(=O)O)OC(=O)C(F)(F)F)=CC[C@@]4(O)[C@@H](C2)N(C)CC[C@]314. The lowest BCUT2D eigenvalue weighted by Crippen LogP contribution is -2.74. The molecule has 2 aliphatic heterocycles. The number of carboxylic acids is 1. The number of alkyl halides is 3. The number of ether oxygens (including phenoxy) is 4. The number of esters is 2. The van der Waals surface area contributed by atoms with Gasteiger partial charge in [-0.1, -0.05) is 6.07 Å². The molecule has 1 spiro atoms. The number of carboxylic acid groups (broad SMARTS) is 1. The molecule has 13 heteroatoms. The minimum atomic E-state index is -5.44. The molecule has 10 nitrogen and oxygen atoms in total. The maximum absolute atomic E-state index is 12.8. The summed E-state index contributed by atoms with van der Waals surface area (Å²) in [6.45, 7) is 0.578. The normalized spacial score (nSPS) is 30.4. The number of methoxy groups -OCH3 is 1. The van der Waals surface area contributed by atoms with Crippen molar-refractivity contribution in [1.82, 2.24) is 4.90 Å². The van der Waals surface area contributed by atoms with Crippen molar-refractivity contribution in [2.75, 3.05) is 20.7 Å². The molecule has 2 heterocycles. The van der Waals surface area contributed by atoms with Crippen LogP contribution in [0, 0.1) is 0 Å². The third-order valence-electron chi connectivity index (χ3n) is 7.88. The Kier molecular flexibility index (Phi) is 5.72. The first kappa shape index (κ1) is 25.3. The second-order valence-electron chi connectivity index (χ2n) is 9.70. The third kappa shape index (κ3) is 3.58. The molecule has 0 aromatic heterocycles. The predicted octanol–water partition coefficient (Wildman–Crippen LogP) is 1.46. The Morgan fingerprint density at radius 1 is 1.30 bits per heavy atom. The number of likely N-dealkylation sites (tertiary alicyclic amines) is 1. The number of nitrogens with zero attached hydrogens (tertiary/aromatic N) is 1. The van der Waals surface area contributed by atoms with Crippen molar-refractivity contribution in [2.45, 2.75) is 61.1 Å². The molecule has 2 bridgehead atoms. The highest BCUT2D eigenvalue weighted by atomic mass is 19.4. The molecule has 5 rings (SSSR count). The topological polar surface area (TPSA) is 132 Å². The van der Waals surface area contributed by atoms with E-state index in [0.717, 1.165) is 11.1 Å². The number of likely N-dealkylation sites (N-methyl/N-ethyl adjacent to an activating group) is 1. The molecule has 200 valence electrons. The number of hydrogen-bond donors (Lipinski definition) is 2. The highest BCUT2D eigenvalue weighted by Gasteiger charge is 2.72. The summed E-state index contributed by atoms with van der Waals surface area (Å²) in [6, 6.07) is 3.33. The van der Waals surface area contributed by atoms with Crippen molar-refractivity contribution >= 4 is 17.9 Å². The maximum Gasteiger partial charge on any atom is 0.490 e. The maximum atomic E-state index is 12.8. The van der Waals surface area contributed by atoms with Crippen LogP contribution in [0.15, 0.2) is 24.0 Å². The summed E-state index contributed by atoms with van der Waals surface area (Å²) in [6.07, 6.45) is -7.69. The van der Waals surface area contributed by atoms with Crippen LogP contribution in [0.1, 0.15) is 30.4 Å². The first-order valence-electron chi connectivity index (χ1n) is 11.5. The van der Waals surface area contributed by atoms with E-state index in [-0.39, 0.29) is 18.2 Å². The smallest absolute Gasteiger partial charge is 0.490 e. The molecule has 2 N–H and O–H groups in total. The van der Waals surface area contributed by atoms with Gasteiger partial charge in [0.05, 0.1) is 24.5 Å². The van der Waals surface area contributed by atoms with Gasteiger partial charge in [-0.05, 0) is 44.1 Å². The first-order valence-corrected chi connectivity index (χ1v) is 11.5. The van der Waals surface area contributed by atoms with Gasteiger partial charge >= 0.3 is 24.1 Å². The molecule has 4 aliphatic rings. The number of hydrogen-bond acceptors (Lipinski definition) is 9. The van der Waals surface area contributed by atoms with Crippen LogP contribution in [0.3, 0.4) is 0 Å². The lowest BCUT2D eigenvalue weighted by molar-refractivity contribution is -0.209. The van der Waals surface area contributed by atoms with Gasteiger partial charge in [-0.2, -0.15) is 13.2 Å². The fourth-order valence-corrected chi connectivity index (χ4v) is 6.30. The third-order valence-corrected chi connectivity index (χ3v) is 7.88. The number of halogens is 3. The van der Waals surface area contributed by atoms with Gasteiger partial charge in [0.2, 0.25) is 6.10 Å².